The van der Waals surface area contributed by atoms with Crippen LogP contribution in [-0.2, 0) is 0 Å². The van der Waals surface area contributed by atoms with E-state index >= 15 is 0 Å². The second-order valence-electron chi connectivity index (χ2n) is 2.85. The van der Waals surface area contributed by atoms with E-state index in [1.807, 2.05) is 6.07 Å². The molecule has 2 rings (SSSR count). The summed E-state index contributed by atoms with van der Waals surface area (Å²) in [6.07, 6.45) is 0. The van der Waals surface area contributed by atoms with Crippen LogP contribution in [-0.4, -0.2) is 4.98 Å². The number of hydrogen-bond acceptors (Lipinski definition) is 3. The molecule has 6 heteroatoms. The van der Waals surface area contributed by atoms with Gasteiger partial charge in [0.2, 0.25) is 10.6 Å². The predicted octanol–water partition coefficient (Wildman–Crippen LogP) is 4.28. The number of benzene rings is 1. The maximum absolute atomic E-state index is 8.75. The summed E-state index contributed by atoms with van der Waals surface area (Å²) in [6.45, 7) is 0. The second kappa shape index (κ2) is 4.46. The summed E-state index contributed by atoms with van der Waals surface area (Å²) in [4.78, 5) is 3.98. The topological polar surface area (TPSA) is 49.8 Å². The summed E-state index contributed by atoms with van der Waals surface area (Å²) in [5, 5.41) is 9.59. The van der Waals surface area contributed by atoms with Gasteiger partial charge < -0.3 is 4.42 Å². The highest BCUT2D eigenvalue weighted by Gasteiger charge is 2.17. The van der Waals surface area contributed by atoms with Gasteiger partial charge >= 0.3 is 0 Å². The molecule has 0 aliphatic rings. The maximum Gasteiger partial charge on any atom is 0.231 e. The number of oxazole rings is 1. The van der Waals surface area contributed by atoms with E-state index < -0.39 is 0 Å². The molecule has 1 aromatic carbocycles. The Morgan fingerprint density at radius 2 is 1.94 bits per heavy atom. The van der Waals surface area contributed by atoms with Crippen molar-refractivity contribution in [1.29, 1.82) is 5.26 Å². The average Bonchev–Trinajstić information content (AvgIpc) is 2.59. The molecule has 0 aliphatic carbocycles. The Labute approximate surface area is 110 Å². The van der Waals surface area contributed by atoms with Crippen LogP contribution in [0.2, 0.25) is 10.0 Å². The fourth-order valence-corrected chi connectivity index (χ4v) is 2.07. The van der Waals surface area contributed by atoms with Crippen molar-refractivity contribution in [3.63, 3.8) is 0 Å². The van der Waals surface area contributed by atoms with Gasteiger partial charge in [0.15, 0.2) is 5.69 Å². The summed E-state index contributed by atoms with van der Waals surface area (Å²) in [7, 11) is 0. The summed E-state index contributed by atoms with van der Waals surface area (Å²) in [5.74, 6) is 0.221. The quantitative estimate of drug-likeness (QED) is 0.788. The SMILES string of the molecule is N#Cc1nc(-c2c(Cl)cccc2Cl)oc1Br. The van der Waals surface area contributed by atoms with Crippen LogP contribution in [0.1, 0.15) is 5.69 Å². The van der Waals surface area contributed by atoms with E-state index in [1.54, 1.807) is 18.2 Å². The van der Waals surface area contributed by atoms with E-state index in [9.17, 15) is 0 Å². The number of nitrogens with zero attached hydrogens (tertiary/aromatic N) is 2. The zero-order chi connectivity index (χ0) is 11.7. The minimum atomic E-state index is 0.158. The van der Waals surface area contributed by atoms with Crippen LogP contribution in [0.3, 0.4) is 0 Å². The predicted molar refractivity (Wildman–Crippen MR) is 64.4 cm³/mol. The largest absolute Gasteiger partial charge is 0.428 e. The Kier molecular flexibility index (Phi) is 3.20. The summed E-state index contributed by atoms with van der Waals surface area (Å²) >= 11 is 15.1. The molecule has 1 aromatic heterocycles. The van der Waals surface area contributed by atoms with Gasteiger partial charge in [-0.05, 0) is 28.1 Å². The van der Waals surface area contributed by atoms with Gasteiger partial charge in [0, 0.05) is 0 Å². The van der Waals surface area contributed by atoms with Gasteiger partial charge in [-0.25, -0.2) is 0 Å². The van der Waals surface area contributed by atoms with Gasteiger partial charge in [-0.2, -0.15) is 10.2 Å². The Hall–Kier alpha value is -1.02. The second-order valence-corrected chi connectivity index (χ2v) is 4.38. The molecule has 0 spiro atoms. The molecule has 80 valence electrons. The van der Waals surface area contributed by atoms with E-state index in [0.29, 0.717) is 15.6 Å². The third-order valence-corrected chi connectivity index (χ3v) is 3.04. The van der Waals surface area contributed by atoms with Crippen molar-refractivity contribution in [2.75, 3.05) is 0 Å². The van der Waals surface area contributed by atoms with Crippen molar-refractivity contribution in [2.45, 2.75) is 0 Å². The molecule has 0 unspecified atom stereocenters. The smallest absolute Gasteiger partial charge is 0.231 e. The van der Waals surface area contributed by atoms with E-state index in [0.717, 1.165) is 0 Å². The number of halogens is 3. The highest BCUT2D eigenvalue weighted by Crippen LogP contribution is 2.35. The lowest BCUT2D eigenvalue weighted by Crippen LogP contribution is -1.82. The number of nitriles is 1. The number of rotatable bonds is 1. The van der Waals surface area contributed by atoms with Crippen LogP contribution in [0.4, 0.5) is 0 Å². The lowest BCUT2D eigenvalue weighted by Gasteiger charge is -2.00. The lowest BCUT2D eigenvalue weighted by atomic mass is 10.2. The number of aromatic nitrogens is 1. The van der Waals surface area contributed by atoms with Crippen molar-refractivity contribution >= 4 is 39.1 Å². The molecular formula is C10H3BrCl2N2O. The van der Waals surface area contributed by atoms with Crippen molar-refractivity contribution in [2.24, 2.45) is 0 Å². The highest BCUT2D eigenvalue weighted by atomic mass is 79.9. The highest BCUT2D eigenvalue weighted by molar-refractivity contribution is 9.10. The Bertz CT molecular complexity index is 569. The molecular weight excluding hydrogens is 315 g/mol. The van der Waals surface area contributed by atoms with Crippen LogP contribution in [0.5, 0.6) is 0 Å². The summed E-state index contributed by atoms with van der Waals surface area (Å²) in [6, 6.07) is 6.95. The van der Waals surface area contributed by atoms with Crippen molar-refractivity contribution in [1.82, 2.24) is 4.98 Å². The van der Waals surface area contributed by atoms with Gasteiger partial charge in [-0.3, -0.25) is 0 Å². The third kappa shape index (κ3) is 1.94. The molecule has 0 N–H and O–H groups in total. The monoisotopic (exact) mass is 316 g/mol. The van der Waals surface area contributed by atoms with Crippen molar-refractivity contribution < 1.29 is 4.42 Å². The van der Waals surface area contributed by atoms with Gasteiger partial charge in [0.1, 0.15) is 6.07 Å². The molecule has 3 nitrogen and oxygen atoms in total. The molecule has 1 heterocycles. The average molecular weight is 318 g/mol. The van der Waals surface area contributed by atoms with Crippen molar-refractivity contribution in [3.8, 4) is 17.5 Å². The fourth-order valence-electron chi connectivity index (χ4n) is 1.18. The molecule has 0 bridgehead atoms. The molecule has 0 saturated heterocycles. The van der Waals surface area contributed by atoms with Gasteiger partial charge in [-0.15, -0.1) is 0 Å². The zero-order valence-electron chi connectivity index (χ0n) is 7.67. The first-order valence-corrected chi connectivity index (χ1v) is 5.69. The van der Waals surface area contributed by atoms with E-state index in [4.69, 9.17) is 32.9 Å². The molecule has 0 saturated carbocycles. The first-order valence-electron chi connectivity index (χ1n) is 4.14. The zero-order valence-corrected chi connectivity index (χ0v) is 10.8. The standard InChI is InChI=1S/C10H3BrCl2N2O/c11-9-7(4-14)15-10(16-9)8-5(12)2-1-3-6(8)13/h1-3H. The van der Waals surface area contributed by atoms with Crippen LogP contribution in [0.25, 0.3) is 11.5 Å². The first-order chi connectivity index (χ1) is 7.63. The maximum atomic E-state index is 8.75. The normalized spacial score (nSPS) is 10.1. The van der Waals surface area contributed by atoms with E-state index in [2.05, 4.69) is 20.9 Å². The van der Waals surface area contributed by atoms with E-state index in [-0.39, 0.29) is 16.3 Å². The number of hydrogen-bond donors (Lipinski definition) is 0. The van der Waals surface area contributed by atoms with Crippen LogP contribution in [0.15, 0.2) is 27.3 Å². The molecule has 0 amide bonds. The molecule has 0 radical (unpaired) electrons. The van der Waals surface area contributed by atoms with Gasteiger partial charge in [-0.1, -0.05) is 29.3 Å². The Balaban J connectivity index is 2.64. The van der Waals surface area contributed by atoms with Gasteiger partial charge in [0.05, 0.1) is 15.6 Å². The van der Waals surface area contributed by atoms with Crippen molar-refractivity contribution in [3.05, 3.63) is 38.6 Å². The molecule has 0 aliphatic heterocycles. The molecule has 0 atom stereocenters. The minimum absolute atomic E-state index is 0.158. The molecule has 0 fully saturated rings. The first kappa shape index (κ1) is 11.5. The van der Waals surface area contributed by atoms with Crippen LogP contribution in [0, 0.1) is 11.3 Å². The third-order valence-electron chi connectivity index (χ3n) is 1.87. The Morgan fingerprint density at radius 3 is 2.44 bits per heavy atom. The minimum Gasteiger partial charge on any atom is -0.428 e. The summed E-state index contributed by atoms with van der Waals surface area (Å²) in [5.41, 5.74) is 0.638. The molecule has 16 heavy (non-hydrogen) atoms. The van der Waals surface area contributed by atoms with Crippen LogP contribution >= 0.6 is 39.1 Å². The van der Waals surface area contributed by atoms with Crippen LogP contribution < -0.4 is 0 Å². The fraction of sp³-hybridized carbons (Fsp3) is 0. The molecule has 2 aromatic rings. The summed E-state index contributed by atoms with van der Waals surface area (Å²) < 4.78 is 5.53. The van der Waals surface area contributed by atoms with Gasteiger partial charge in [0.25, 0.3) is 0 Å². The Morgan fingerprint density at radius 1 is 1.31 bits per heavy atom. The van der Waals surface area contributed by atoms with E-state index in [1.165, 1.54) is 0 Å². The lowest BCUT2D eigenvalue weighted by molar-refractivity contribution is 0.549.